The molecule has 1 aliphatic heterocycles. The molecule has 240 valence electrons. The van der Waals surface area contributed by atoms with Crippen LogP contribution in [0.4, 0.5) is 13.2 Å². The fourth-order valence-electron chi connectivity index (χ4n) is 5.63. The number of carboxylic acid groups (broad SMARTS) is 1. The van der Waals surface area contributed by atoms with Gasteiger partial charge < -0.3 is 19.0 Å². The van der Waals surface area contributed by atoms with E-state index in [2.05, 4.69) is 4.99 Å². The summed E-state index contributed by atoms with van der Waals surface area (Å²) in [5, 5.41) is 10.4. The Balaban J connectivity index is 1.60. The molecule has 2 aromatic heterocycles. The summed E-state index contributed by atoms with van der Waals surface area (Å²) in [4.78, 5) is 42.4. The number of carboxylic acids is 1. The van der Waals surface area contributed by atoms with Gasteiger partial charge in [0, 0.05) is 17.2 Å². The van der Waals surface area contributed by atoms with Crippen molar-refractivity contribution in [1.82, 2.24) is 4.57 Å². The third-order valence-corrected chi connectivity index (χ3v) is 8.64. The molecule has 0 saturated carbocycles. The number of benzene rings is 3. The van der Waals surface area contributed by atoms with Crippen LogP contribution in [0.2, 0.25) is 0 Å². The maximum Gasteiger partial charge on any atom is 0.434 e. The van der Waals surface area contributed by atoms with E-state index >= 15 is 0 Å². The third kappa shape index (κ3) is 5.63. The number of ether oxygens (including phenoxy) is 2. The van der Waals surface area contributed by atoms with Crippen LogP contribution in [0.15, 0.2) is 92.2 Å². The molecule has 0 saturated heterocycles. The summed E-state index contributed by atoms with van der Waals surface area (Å²) >= 11 is 0.710. The van der Waals surface area contributed by atoms with Crippen LogP contribution >= 0.6 is 11.3 Å². The Hall–Kier alpha value is -5.43. The molecule has 0 unspecified atom stereocenters. The quantitative estimate of drug-likeness (QED) is 0.220. The Morgan fingerprint density at radius 1 is 1.11 bits per heavy atom. The van der Waals surface area contributed by atoms with Gasteiger partial charge in [0.2, 0.25) is 0 Å². The average molecular weight is 663 g/mol. The highest BCUT2D eigenvalue weighted by molar-refractivity contribution is 7.07. The Morgan fingerprint density at radius 3 is 2.55 bits per heavy atom. The van der Waals surface area contributed by atoms with Crippen molar-refractivity contribution in [3.8, 4) is 17.1 Å². The lowest BCUT2D eigenvalue weighted by Gasteiger charge is -2.28. The maximum absolute atomic E-state index is 14.7. The lowest BCUT2D eigenvalue weighted by atomic mass is 9.90. The normalized spacial score (nSPS) is 15.0. The zero-order chi connectivity index (χ0) is 33.6. The zero-order valence-corrected chi connectivity index (χ0v) is 25.9. The molecule has 5 aromatic rings. The van der Waals surface area contributed by atoms with Crippen LogP contribution in [0.25, 0.3) is 28.2 Å². The lowest BCUT2D eigenvalue weighted by Crippen LogP contribution is -2.41. The van der Waals surface area contributed by atoms with Gasteiger partial charge in [-0.25, -0.2) is 14.6 Å². The molecular formula is C34H25F3N2O7S. The Labute approximate surface area is 268 Å². The summed E-state index contributed by atoms with van der Waals surface area (Å²) in [6, 6.07) is 16.3. The second kappa shape index (κ2) is 12.1. The number of furan rings is 1. The Bertz CT molecular complexity index is 2300. The van der Waals surface area contributed by atoms with Crippen molar-refractivity contribution < 1.29 is 41.8 Å². The topological polar surface area (TPSA) is 120 Å². The van der Waals surface area contributed by atoms with Gasteiger partial charge in [0.1, 0.15) is 23.3 Å². The van der Waals surface area contributed by atoms with Crippen LogP contribution in [0, 0.1) is 6.92 Å². The SMILES string of the molecule is CCOC(=O)C1=C(C(F)(F)F)N=c2s/c(=C\c3ccc(-c4ccc(C(=O)O)cc4C)o3)c(=O)n2[C@@H]1c1c(OC)ccc2ccccc12. The minimum Gasteiger partial charge on any atom is -0.496 e. The van der Waals surface area contributed by atoms with E-state index in [4.69, 9.17) is 13.9 Å². The number of fused-ring (bicyclic) bond motifs is 2. The van der Waals surface area contributed by atoms with Crippen molar-refractivity contribution in [2.24, 2.45) is 4.99 Å². The number of rotatable bonds is 7. The lowest BCUT2D eigenvalue weighted by molar-refractivity contribution is -0.140. The van der Waals surface area contributed by atoms with Gasteiger partial charge in [-0.05, 0) is 60.5 Å². The van der Waals surface area contributed by atoms with Gasteiger partial charge in [0.25, 0.3) is 5.56 Å². The van der Waals surface area contributed by atoms with Gasteiger partial charge >= 0.3 is 18.1 Å². The predicted octanol–water partition coefficient (Wildman–Crippen LogP) is 5.77. The van der Waals surface area contributed by atoms with Gasteiger partial charge in [-0.1, -0.05) is 47.7 Å². The van der Waals surface area contributed by atoms with E-state index in [1.165, 1.54) is 32.2 Å². The number of halogens is 3. The summed E-state index contributed by atoms with van der Waals surface area (Å²) in [7, 11) is 1.35. The monoisotopic (exact) mass is 662 g/mol. The average Bonchev–Trinajstić information content (AvgIpc) is 3.63. The second-order valence-electron chi connectivity index (χ2n) is 10.5. The maximum atomic E-state index is 14.7. The van der Waals surface area contributed by atoms with E-state index in [0.29, 0.717) is 39.0 Å². The van der Waals surface area contributed by atoms with Gasteiger partial charge in [-0.3, -0.25) is 9.36 Å². The standard InChI is InChI=1S/C34H25F3N2O7S/c1-4-45-32(43)27-28(26-22-8-6-5-7-18(22)10-13-24(26)44-3)39-30(40)25(47-33(39)38-29(27)34(35,36)37)16-20-11-14-23(46-20)21-12-9-19(31(41)42)15-17(21)2/h5-16,28H,4H2,1-3H3,(H,41,42)/b25-16-/t28-/m1/s1. The van der Waals surface area contributed by atoms with E-state index in [1.807, 2.05) is 0 Å². The number of hydrogen-bond donors (Lipinski definition) is 1. The molecule has 1 N–H and O–H groups in total. The molecule has 0 radical (unpaired) electrons. The molecule has 13 heteroatoms. The Morgan fingerprint density at radius 2 is 1.87 bits per heavy atom. The third-order valence-electron chi connectivity index (χ3n) is 7.66. The number of alkyl halides is 3. The predicted molar refractivity (Wildman–Crippen MR) is 167 cm³/mol. The highest BCUT2D eigenvalue weighted by Gasteiger charge is 2.46. The van der Waals surface area contributed by atoms with Crippen molar-refractivity contribution in [3.63, 3.8) is 0 Å². The number of methoxy groups -OCH3 is 1. The van der Waals surface area contributed by atoms with Crippen molar-refractivity contribution in [1.29, 1.82) is 0 Å². The number of aryl methyl sites for hydroxylation is 1. The first-order chi connectivity index (χ1) is 22.4. The number of thiazole rings is 1. The number of aromatic nitrogens is 1. The molecule has 3 heterocycles. The molecule has 0 aliphatic carbocycles. The summed E-state index contributed by atoms with van der Waals surface area (Å²) in [6.07, 6.45) is -3.69. The summed E-state index contributed by atoms with van der Waals surface area (Å²) in [5.74, 6) is -1.58. The number of carbonyl (C=O) groups excluding carboxylic acids is 1. The summed E-state index contributed by atoms with van der Waals surface area (Å²) in [6.45, 7) is 2.98. The molecule has 0 amide bonds. The van der Waals surface area contributed by atoms with E-state index in [-0.39, 0.29) is 38.6 Å². The number of hydrogen-bond acceptors (Lipinski definition) is 8. The van der Waals surface area contributed by atoms with E-state index in [9.17, 15) is 32.7 Å². The highest BCUT2D eigenvalue weighted by Crippen LogP contribution is 2.43. The van der Waals surface area contributed by atoms with Gasteiger partial charge in [0.05, 0.1) is 29.4 Å². The number of aromatic carboxylic acids is 1. The molecular weight excluding hydrogens is 637 g/mol. The largest absolute Gasteiger partial charge is 0.496 e. The van der Waals surface area contributed by atoms with Crippen LogP contribution in [0.3, 0.4) is 0 Å². The summed E-state index contributed by atoms with van der Waals surface area (Å²) in [5.41, 5.74) is -1.49. The fourth-order valence-corrected chi connectivity index (χ4v) is 6.61. The molecule has 1 atom stereocenters. The highest BCUT2D eigenvalue weighted by atomic mass is 32.1. The molecule has 9 nitrogen and oxygen atoms in total. The molecule has 0 fully saturated rings. The van der Waals surface area contributed by atoms with E-state index in [0.717, 1.165) is 4.57 Å². The fraction of sp³-hybridized carbons (Fsp3) is 0.176. The summed E-state index contributed by atoms with van der Waals surface area (Å²) < 4.78 is 61.7. The van der Waals surface area contributed by atoms with Gasteiger partial charge in [0.15, 0.2) is 10.5 Å². The number of esters is 1. The van der Waals surface area contributed by atoms with Crippen LogP contribution in [-0.2, 0) is 9.53 Å². The first-order valence-corrected chi connectivity index (χ1v) is 15.0. The van der Waals surface area contributed by atoms with Crippen molar-refractivity contribution in [2.45, 2.75) is 26.1 Å². The molecule has 0 spiro atoms. The number of allylic oxidation sites excluding steroid dienone is 1. The molecule has 6 rings (SSSR count). The van der Waals surface area contributed by atoms with Crippen molar-refractivity contribution in [3.05, 3.63) is 120 Å². The first-order valence-electron chi connectivity index (χ1n) is 14.2. The van der Waals surface area contributed by atoms with Crippen molar-refractivity contribution in [2.75, 3.05) is 13.7 Å². The van der Waals surface area contributed by atoms with Crippen LogP contribution < -0.4 is 19.6 Å². The van der Waals surface area contributed by atoms with Crippen LogP contribution in [0.5, 0.6) is 5.75 Å². The van der Waals surface area contributed by atoms with E-state index < -0.39 is 41.0 Å². The smallest absolute Gasteiger partial charge is 0.434 e. The molecule has 1 aliphatic rings. The zero-order valence-electron chi connectivity index (χ0n) is 25.0. The Kier molecular flexibility index (Phi) is 8.10. The minimum absolute atomic E-state index is 0.00145. The van der Waals surface area contributed by atoms with E-state index in [1.54, 1.807) is 61.5 Å². The number of nitrogens with zero attached hydrogens (tertiary/aromatic N) is 2. The van der Waals surface area contributed by atoms with Gasteiger partial charge in [-0.15, -0.1) is 0 Å². The second-order valence-corrected chi connectivity index (χ2v) is 11.5. The van der Waals surface area contributed by atoms with Crippen LogP contribution in [-0.4, -0.2) is 41.5 Å². The van der Waals surface area contributed by atoms with Gasteiger partial charge in [-0.2, -0.15) is 13.2 Å². The minimum atomic E-state index is -5.07. The van der Waals surface area contributed by atoms with Crippen molar-refractivity contribution >= 4 is 40.1 Å². The first kappa shape index (κ1) is 31.5. The van der Waals surface area contributed by atoms with Crippen LogP contribution in [0.1, 0.15) is 40.2 Å². The number of carbonyl (C=O) groups is 2. The molecule has 47 heavy (non-hydrogen) atoms. The molecule has 3 aromatic carbocycles. The molecule has 0 bridgehead atoms.